The second kappa shape index (κ2) is 6.95. The molecule has 1 saturated heterocycles. The Bertz CT molecular complexity index is 1080. The van der Waals surface area contributed by atoms with Gasteiger partial charge in [0.15, 0.2) is 0 Å². The van der Waals surface area contributed by atoms with Crippen LogP contribution in [0.15, 0.2) is 30.6 Å². The lowest BCUT2D eigenvalue weighted by atomic mass is 10.0. The molecule has 0 saturated carbocycles. The van der Waals surface area contributed by atoms with Crippen LogP contribution < -0.4 is 14.5 Å². The monoisotopic (exact) mass is 392 g/mol. The van der Waals surface area contributed by atoms with Gasteiger partial charge < -0.3 is 24.4 Å². The molecule has 1 N–H and O–H groups in total. The number of nitrogens with zero attached hydrogens (tertiary/aromatic N) is 5. The zero-order valence-corrected chi connectivity index (χ0v) is 16.7. The number of likely N-dealkylation sites (N-methyl/N-ethyl adjacent to an activating group) is 1. The molecule has 2 aliphatic heterocycles. The SMILES string of the molecule is COc1ccc2[nH]c3c(c2c1)CCN(c1cc(N2CCN(C)C(=O)C2)ncn1)C3. The third-order valence-electron chi connectivity index (χ3n) is 5.93. The quantitative estimate of drug-likeness (QED) is 0.733. The summed E-state index contributed by atoms with van der Waals surface area (Å²) < 4.78 is 5.39. The summed E-state index contributed by atoms with van der Waals surface area (Å²) in [7, 11) is 3.54. The molecule has 0 aliphatic carbocycles. The van der Waals surface area contributed by atoms with E-state index in [0.29, 0.717) is 13.1 Å². The second-order valence-electron chi connectivity index (χ2n) is 7.64. The van der Waals surface area contributed by atoms with Crippen molar-refractivity contribution in [2.24, 2.45) is 0 Å². The van der Waals surface area contributed by atoms with E-state index >= 15 is 0 Å². The number of piperazine rings is 1. The van der Waals surface area contributed by atoms with E-state index in [2.05, 4.69) is 32.0 Å². The summed E-state index contributed by atoms with van der Waals surface area (Å²) in [4.78, 5) is 30.6. The number of nitrogens with one attached hydrogen (secondary N) is 1. The Morgan fingerprint density at radius 3 is 2.59 bits per heavy atom. The van der Waals surface area contributed by atoms with Crippen LogP contribution in [0, 0.1) is 0 Å². The van der Waals surface area contributed by atoms with Crippen molar-refractivity contribution in [1.29, 1.82) is 0 Å². The van der Waals surface area contributed by atoms with Gasteiger partial charge in [0.25, 0.3) is 0 Å². The van der Waals surface area contributed by atoms with Crippen molar-refractivity contribution >= 4 is 28.4 Å². The first-order chi connectivity index (χ1) is 14.1. The number of ether oxygens (including phenoxy) is 1. The highest BCUT2D eigenvalue weighted by atomic mass is 16.5. The minimum absolute atomic E-state index is 0.118. The third-order valence-corrected chi connectivity index (χ3v) is 5.93. The molecule has 4 heterocycles. The van der Waals surface area contributed by atoms with Gasteiger partial charge in [-0.3, -0.25) is 4.79 Å². The molecule has 29 heavy (non-hydrogen) atoms. The number of hydrogen-bond donors (Lipinski definition) is 1. The fourth-order valence-electron chi connectivity index (χ4n) is 4.18. The van der Waals surface area contributed by atoms with Gasteiger partial charge >= 0.3 is 0 Å². The molecule has 3 aromatic rings. The molecule has 0 unspecified atom stereocenters. The van der Waals surface area contributed by atoms with Crippen LogP contribution in [-0.4, -0.2) is 66.1 Å². The molecular formula is C21H24N6O2. The van der Waals surface area contributed by atoms with E-state index in [0.717, 1.165) is 49.0 Å². The smallest absolute Gasteiger partial charge is 0.241 e. The van der Waals surface area contributed by atoms with Gasteiger partial charge in [-0.15, -0.1) is 0 Å². The highest BCUT2D eigenvalue weighted by molar-refractivity contribution is 5.86. The summed E-state index contributed by atoms with van der Waals surface area (Å²) in [6.07, 6.45) is 2.54. The van der Waals surface area contributed by atoms with E-state index in [9.17, 15) is 4.79 Å². The lowest BCUT2D eigenvalue weighted by molar-refractivity contribution is -0.129. The highest BCUT2D eigenvalue weighted by Gasteiger charge is 2.25. The van der Waals surface area contributed by atoms with Crippen molar-refractivity contribution < 1.29 is 9.53 Å². The number of aromatic amines is 1. The lowest BCUT2D eigenvalue weighted by Gasteiger charge is -2.33. The van der Waals surface area contributed by atoms with Gasteiger partial charge in [-0.1, -0.05) is 0 Å². The molecule has 8 heteroatoms. The molecule has 2 aromatic heterocycles. The first kappa shape index (κ1) is 17.8. The number of fused-ring (bicyclic) bond motifs is 3. The number of benzene rings is 1. The maximum atomic E-state index is 12.1. The van der Waals surface area contributed by atoms with Crippen LogP contribution in [0.4, 0.5) is 11.6 Å². The standard InChI is InChI=1S/C21H24N6O2/c1-25-7-8-27(12-21(25)28)20-10-19(22-13-23-20)26-6-5-15-16-9-14(29-2)3-4-17(16)24-18(15)11-26/h3-4,9-10,13,24H,5-8,11-12H2,1-2H3. The molecule has 0 bridgehead atoms. The second-order valence-corrected chi connectivity index (χ2v) is 7.64. The Morgan fingerprint density at radius 2 is 1.83 bits per heavy atom. The zero-order chi connectivity index (χ0) is 20.0. The maximum absolute atomic E-state index is 12.1. The number of anilines is 2. The fourth-order valence-corrected chi connectivity index (χ4v) is 4.18. The Hall–Kier alpha value is -3.29. The van der Waals surface area contributed by atoms with Crippen LogP contribution >= 0.6 is 0 Å². The van der Waals surface area contributed by atoms with Crippen LogP contribution in [0.25, 0.3) is 10.9 Å². The Morgan fingerprint density at radius 1 is 1.03 bits per heavy atom. The van der Waals surface area contributed by atoms with Crippen molar-refractivity contribution in [3.05, 3.63) is 41.9 Å². The molecule has 1 aromatic carbocycles. The van der Waals surface area contributed by atoms with Crippen molar-refractivity contribution in [2.75, 3.05) is 50.1 Å². The average molecular weight is 392 g/mol. The number of methoxy groups -OCH3 is 1. The highest BCUT2D eigenvalue weighted by Crippen LogP contribution is 2.32. The number of H-pyrrole nitrogens is 1. The number of amides is 1. The molecule has 1 amide bonds. The average Bonchev–Trinajstić information content (AvgIpc) is 3.12. The molecule has 150 valence electrons. The minimum atomic E-state index is 0.118. The van der Waals surface area contributed by atoms with Crippen LogP contribution in [0.3, 0.4) is 0 Å². The molecule has 8 nitrogen and oxygen atoms in total. The Kier molecular flexibility index (Phi) is 4.26. The topological polar surface area (TPSA) is 77.6 Å². The Balaban J connectivity index is 1.40. The van der Waals surface area contributed by atoms with Gasteiger partial charge in [0.2, 0.25) is 5.91 Å². The summed E-state index contributed by atoms with van der Waals surface area (Å²) in [6.45, 7) is 3.51. The van der Waals surface area contributed by atoms with E-state index in [-0.39, 0.29) is 5.91 Å². The molecule has 1 fully saturated rings. The summed E-state index contributed by atoms with van der Waals surface area (Å²) in [5, 5.41) is 1.23. The molecule has 0 atom stereocenters. The van der Waals surface area contributed by atoms with Crippen molar-refractivity contribution in [3.8, 4) is 5.75 Å². The van der Waals surface area contributed by atoms with Gasteiger partial charge in [-0.25, -0.2) is 9.97 Å². The van der Waals surface area contributed by atoms with Crippen molar-refractivity contribution in [2.45, 2.75) is 13.0 Å². The van der Waals surface area contributed by atoms with Crippen LogP contribution in [0.1, 0.15) is 11.3 Å². The first-order valence-corrected chi connectivity index (χ1v) is 9.86. The summed E-state index contributed by atoms with van der Waals surface area (Å²) >= 11 is 0. The van der Waals surface area contributed by atoms with Gasteiger partial charge in [0.1, 0.15) is 23.7 Å². The van der Waals surface area contributed by atoms with Gasteiger partial charge in [0, 0.05) is 49.3 Å². The van der Waals surface area contributed by atoms with E-state index in [1.165, 1.54) is 16.6 Å². The van der Waals surface area contributed by atoms with Crippen LogP contribution in [-0.2, 0) is 17.8 Å². The molecule has 0 radical (unpaired) electrons. The number of carbonyl (C=O) groups excluding carboxylic acids is 1. The maximum Gasteiger partial charge on any atom is 0.241 e. The van der Waals surface area contributed by atoms with Crippen LogP contribution in [0.5, 0.6) is 5.75 Å². The number of rotatable bonds is 3. The van der Waals surface area contributed by atoms with E-state index in [1.54, 1.807) is 18.3 Å². The predicted molar refractivity (Wildman–Crippen MR) is 111 cm³/mol. The zero-order valence-electron chi connectivity index (χ0n) is 16.7. The molecule has 5 rings (SSSR count). The molecule has 0 spiro atoms. The fraction of sp³-hybridized carbons (Fsp3) is 0.381. The van der Waals surface area contributed by atoms with Gasteiger partial charge in [-0.05, 0) is 30.2 Å². The van der Waals surface area contributed by atoms with E-state index in [1.807, 2.05) is 24.1 Å². The summed E-state index contributed by atoms with van der Waals surface area (Å²) in [5.74, 6) is 2.70. The Labute approximate surface area is 169 Å². The van der Waals surface area contributed by atoms with Crippen molar-refractivity contribution in [1.82, 2.24) is 19.9 Å². The summed E-state index contributed by atoms with van der Waals surface area (Å²) in [6, 6.07) is 8.16. The van der Waals surface area contributed by atoms with Gasteiger partial charge in [0.05, 0.1) is 20.2 Å². The lowest BCUT2D eigenvalue weighted by Crippen LogP contribution is -2.48. The number of aromatic nitrogens is 3. The van der Waals surface area contributed by atoms with E-state index in [4.69, 9.17) is 4.74 Å². The molecule has 2 aliphatic rings. The van der Waals surface area contributed by atoms with Crippen LogP contribution in [0.2, 0.25) is 0 Å². The van der Waals surface area contributed by atoms with E-state index < -0.39 is 0 Å². The predicted octanol–water partition coefficient (Wildman–Crippen LogP) is 1.81. The minimum Gasteiger partial charge on any atom is -0.497 e. The third kappa shape index (κ3) is 3.14. The first-order valence-electron chi connectivity index (χ1n) is 9.86. The number of hydrogen-bond acceptors (Lipinski definition) is 6. The molecular weight excluding hydrogens is 368 g/mol. The summed E-state index contributed by atoms with van der Waals surface area (Å²) in [5.41, 5.74) is 3.71. The number of carbonyl (C=O) groups is 1. The van der Waals surface area contributed by atoms with Gasteiger partial charge in [-0.2, -0.15) is 0 Å². The normalized spacial score (nSPS) is 17.0. The largest absolute Gasteiger partial charge is 0.497 e. The van der Waals surface area contributed by atoms with Crippen molar-refractivity contribution in [3.63, 3.8) is 0 Å².